The number of nitrogens with zero attached hydrogens (tertiary/aromatic N) is 1. The first kappa shape index (κ1) is 21.6. The molecular formula is C24H22F3NO2. The maximum absolute atomic E-state index is 13.6. The molecule has 0 fully saturated rings. The van der Waals surface area contributed by atoms with Gasteiger partial charge in [0.1, 0.15) is 0 Å². The first-order chi connectivity index (χ1) is 14.2. The zero-order valence-electron chi connectivity index (χ0n) is 17.0. The molecule has 30 heavy (non-hydrogen) atoms. The van der Waals surface area contributed by atoms with Crippen LogP contribution in [0, 0.1) is 6.92 Å². The van der Waals surface area contributed by atoms with Gasteiger partial charge in [0.25, 0.3) is 0 Å². The average molecular weight is 413 g/mol. The van der Waals surface area contributed by atoms with E-state index in [-0.39, 0.29) is 17.3 Å². The van der Waals surface area contributed by atoms with E-state index in [9.17, 15) is 23.1 Å². The summed E-state index contributed by atoms with van der Waals surface area (Å²) in [4.78, 5) is 15.8. The molecule has 0 radical (unpaired) electrons. The Morgan fingerprint density at radius 3 is 2.57 bits per heavy atom. The quantitative estimate of drug-likeness (QED) is 0.666. The van der Waals surface area contributed by atoms with Crippen molar-refractivity contribution in [3.8, 4) is 11.1 Å². The molecule has 156 valence electrons. The molecule has 0 aliphatic rings. The van der Waals surface area contributed by atoms with Gasteiger partial charge in [0.05, 0.1) is 17.5 Å². The van der Waals surface area contributed by atoms with Crippen LogP contribution in [-0.4, -0.2) is 16.1 Å². The summed E-state index contributed by atoms with van der Waals surface area (Å²) in [5.41, 5.74) is 1.92. The summed E-state index contributed by atoms with van der Waals surface area (Å²) in [6.07, 6.45) is 1.36. The number of aliphatic carboxylic acids is 1. The van der Waals surface area contributed by atoms with E-state index >= 15 is 0 Å². The van der Waals surface area contributed by atoms with Crippen LogP contribution in [-0.2, 0) is 17.4 Å². The van der Waals surface area contributed by atoms with Gasteiger partial charge in [0, 0.05) is 17.1 Å². The Kier molecular flexibility index (Phi) is 5.97. The summed E-state index contributed by atoms with van der Waals surface area (Å²) in [5, 5.41) is 11.2. The van der Waals surface area contributed by atoms with E-state index in [1.807, 2.05) is 39.0 Å². The fourth-order valence-corrected chi connectivity index (χ4v) is 3.91. The second kappa shape index (κ2) is 8.30. The van der Waals surface area contributed by atoms with E-state index in [1.165, 1.54) is 24.4 Å². The van der Waals surface area contributed by atoms with Crippen molar-refractivity contribution in [3.05, 3.63) is 63.7 Å². The summed E-state index contributed by atoms with van der Waals surface area (Å²) in [6, 6.07) is 7.25. The number of carboxylic acids is 1. The van der Waals surface area contributed by atoms with Gasteiger partial charge in [-0.1, -0.05) is 37.3 Å². The van der Waals surface area contributed by atoms with Crippen LogP contribution in [0.4, 0.5) is 13.2 Å². The monoisotopic (exact) mass is 413 g/mol. The smallest absolute Gasteiger partial charge is 0.417 e. The molecule has 0 atom stereocenters. The first-order valence-corrected chi connectivity index (χ1v) is 9.65. The predicted molar refractivity (Wildman–Crippen MR) is 112 cm³/mol. The third-order valence-corrected chi connectivity index (χ3v) is 5.12. The summed E-state index contributed by atoms with van der Waals surface area (Å²) >= 11 is 0. The Morgan fingerprint density at radius 2 is 1.97 bits per heavy atom. The minimum atomic E-state index is -4.52. The molecule has 1 heterocycles. The van der Waals surface area contributed by atoms with Crippen LogP contribution in [0.25, 0.3) is 34.2 Å². The SMILES string of the molecule is C/C=c1/c(-c2ccc(C(F)(F)F)c3cccnc23)c(CC(=O)O)c(C)c/c1=C/CC. The molecule has 6 heteroatoms. The number of hydrogen-bond donors (Lipinski definition) is 1. The normalized spacial score (nSPS) is 13.3. The van der Waals surface area contributed by atoms with Crippen molar-refractivity contribution in [1.29, 1.82) is 0 Å². The zero-order chi connectivity index (χ0) is 22.1. The Balaban J connectivity index is 2.54. The zero-order valence-corrected chi connectivity index (χ0v) is 17.0. The molecule has 0 aliphatic heterocycles. The molecule has 2 aromatic carbocycles. The Morgan fingerprint density at radius 1 is 1.23 bits per heavy atom. The van der Waals surface area contributed by atoms with Crippen molar-refractivity contribution >= 4 is 29.0 Å². The van der Waals surface area contributed by atoms with E-state index in [4.69, 9.17) is 0 Å². The minimum Gasteiger partial charge on any atom is -0.481 e. The van der Waals surface area contributed by atoms with Crippen LogP contribution < -0.4 is 10.4 Å². The fourth-order valence-electron chi connectivity index (χ4n) is 3.91. The lowest BCUT2D eigenvalue weighted by molar-refractivity contribution is -0.137. The number of halogens is 3. The van der Waals surface area contributed by atoms with Gasteiger partial charge in [-0.2, -0.15) is 13.2 Å². The summed E-state index contributed by atoms with van der Waals surface area (Å²) in [5.74, 6) is -1.00. The van der Waals surface area contributed by atoms with Crippen LogP contribution in [0.3, 0.4) is 0 Å². The van der Waals surface area contributed by atoms with Crippen LogP contribution in [0.5, 0.6) is 0 Å². The van der Waals surface area contributed by atoms with E-state index in [2.05, 4.69) is 4.98 Å². The van der Waals surface area contributed by atoms with E-state index < -0.39 is 17.7 Å². The molecule has 0 saturated heterocycles. The van der Waals surface area contributed by atoms with Gasteiger partial charge < -0.3 is 5.11 Å². The van der Waals surface area contributed by atoms with E-state index in [0.717, 1.165) is 28.5 Å². The van der Waals surface area contributed by atoms with Gasteiger partial charge in [-0.15, -0.1) is 0 Å². The molecule has 1 N–H and O–H groups in total. The van der Waals surface area contributed by atoms with Gasteiger partial charge in [-0.05, 0) is 59.5 Å². The number of rotatable bonds is 4. The summed E-state index contributed by atoms with van der Waals surface area (Å²) < 4.78 is 40.7. The van der Waals surface area contributed by atoms with Gasteiger partial charge in [-0.3, -0.25) is 9.78 Å². The second-order valence-electron chi connectivity index (χ2n) is 7.08. The largest absolute Gasteiger partial charge is 0.481 e. The molecule has 0 unspecified atom stereocenters. The highest BCUT2D eigenvalue weighted by Crippen LogP contribution is 2.38. The average Bonchev–Trinajstić information content (AvgIpc) is 2.68. The second-order valence-corrected chi connectivity index (χ2v) is 7.08. The summed E-state index contributed by atoms with van der Waals surface area (Å²) in [7, 11) is 0. The maximum atomic E-state index is 13.6. The standard InChI is InChI=1S/C24H22F3NO2/c1-4-7-15-12-14(3)19(13-21(29)30)22(16(15)5-2)18-9-10-20(24(25,26)27)17-8-6-11-28-23(17)18/h5-12H,4,13H2,1-3H3,(H,29,30)/b15-7-,16-5+. The number of pyridine rings is 1. The molecule has 3 aromatic rings. The number of aromatic nitrogens is 1. The third kappa shape index (κ3) is 3.95. The van der Waals surface area contributed by atoms with E-state index in [0.29, 0.717) is 16.7 Å². The Bertz CT molecular complexity index is 1240. The van der Waals surface area contributed by atoms with Crippen molar-refractivity contribution < 1.29 is 23.1 Å². The predicted octanol–water partition coefficient (Wildman–Crippen LogP) is 4.85. The third-order valence-electron chi connectivity index (χ3n) is 5.12. The Hall–Kier alpha value is -3.15. The van der Waals surface area contributed by atoms with Crippen molar-refractivity contribution in [2.75, 3.05) is 0 Å². The van der Waals surface area contributed by atoms with Crippen LogP contribution in [0.2, 0.25) is 0 Å². The number of hydrogen-bond acceptors (Lipinski definition) is 2. The van der Waals surface area contributed by atoms with Gasteiger partial charge in [0.2, 0.25) is 0 Å². The minimum absolute atomic E-state index is 0.00615. The van der Waals surface area contributed by atoms with Gasteiger partial charge in [-0.25, -0.2) is 0 Å². The van der Waals surface area contributed by atoms with E-state index in [1.54, 1.807) is 0 Å². The molecule has 0 saturated carbocycles. The van der Waals surface area contributed by atoms with Crippen molar-refractivity contribution in [1.82, 2.24) is 4.98 Å². The molecular weight excluding hydrogens is 391 g/mol. The number of carboxylic acid groups (broad SMARTS) is 1. The molecule has 3 nitrogen and oxygen atoms in total. The molecule has 0 spiro atoms. The number of alkyl halides is 3. The number of fused-ring (bicyclic) bond motifs is 1. The topological polar surface area (TPSA) is 50.2 Å². The number of carbonyl (C=O) groups is 1. The van der Waals surface area contributed by atoms with Gasteiger partial charge >= 0.3 is 12.1 Å². The highest BCUT2D eigenvalue weighted by atomic mass is 19.4. The molecule has 3 rings (SSSR count). The lowest BCUT2D eigenvalue weighted by Gasteiger charge is -2.17. The number of benzene rings is 2. The van der Waals surface area contributed by atoms with Crippen molar-refractivity contribution in [3.63, 3.8) is 0 Å². The lowest BCUT2D eigenvalue weighted by Crippen LogP contribution is -2.29. The number of aryl methyl sites for hydroxylation is 1. The van der Waals surface area contributed by atoms with Crippen molar-refractivity contribution in [2.45, 2.75) is 39.8 Å². The molecule has 0 amide bonds. The summed E-state index contributed by atoms with van der Waals surface area (Å²) in [6.45, 7) is 5.66. The van der Waals surface area contributed by atoms with Crippen LogP contribution in [0.15, 0.2) is 36.5 Å². The fraction of sp³-hybridized carbons (Fsp3) is 0.250. The molecule has 1 aromatic heterocycles. The highest BCUT2D eigenvalue weighted by molar-refractivity contribution is 5.97. The van der Waals surface area contributed by atoms with Crippen molar-refractivity contribution in [2.24, 2.45) is 0 Å². The maximum Gasteiger partial charge on any atom is 0.417 e. The first-order valence-electron chi connectivity index (χ1n) is 9.65. The highest BCUT2D eigenvalue weighted by Gasteiger charge is 2.33. The molecule has 0 bridgehead atoms. The Labute approximate surface area is 172 Å². The van der Waals surface area contributed by atoms with Gasteiger partial charge in [0.15, 0.2) is 0 Å². The molecule has 0 aliphatic carbocycles. The lowest BCUT2D eigenvalue weighted by atomic mass is 9.88. The van der Waals surface area contributed by atoms with Crippen LogP contribution >= 0.6 is 0 Å². The van der Waals surface area contributed by atoms with Crippen LogP contribution in [0.1, 0.15) is 37.0 Å².